The number of aryl methyl sites for hydroxylation is 1. The minimum atomic E-state index is -0.449. The lowest BCUT2D eigenvalue weighted by Gasteiger charge is -2.41. The highest BCUT2D eigenvalue weighted by molar-refractivity contribution is 5.85. The zero-order valence-corrected chi connectivity index (χ0v) is 19.0. The molecule has 0 unspecified atom stereocenters. The molecule has 1 saturated carbocycles. The number of piperidine rings is 1. The summed E-state index contributed by atoms with van der Waals surface area (Å²) in [6.07, 6.45) is 4.22. The SMILES string of the molecule is Cc1cccc(-c2ccc(CC3(C(=O)NC(C)C)CCN(C(=O)C4CC4)CC3)cc2)c1. The molecule has 0 aromatic heterocycles. The molecule has 2 aromatic rings. The van der Waals surface area contributed by atoms with Crippen LogP contribution in [0.25, 0.3) is 11.1 Å². The Bertz CT molecular complexity index is 936. The smallest absolute Gasteiger partial charge is 0.226 e. The second kappa shape index (κ2) is 8.86. The number of amides is 2. The average Bonchev–Trinajstić information content (AvgIpc) is 3.59. The van der Waals surface area contributed by atoms with Crippen molar-refractivity contribution >= 4 is 11.8 Å². The summed E-state index contributed by atoms with van der Waals surface area (Å²) >= 11 is 0. The second-order valence-corrected chi connectivity index (χ2v) is 9.75. The lowest BCUT2D eigenvalue weighted by Crippen LogP contribution is -2.52. The molecule has 1 saturated heterocycles. The molecule has 4 heteroatoms. The predicted molar refractivity (Wildman–Crippen MR) is 125 cm³/mol. The first-order valence-corrected chi connectivity index (χ1v) is 11.6. The number of nitrogens with one attached hydrogen (secondary N) is 1. The summed E-state index contributed by atoms with van der Waals surface area (Å²) in [5, 5.41) is 3.15. The van der Waals surface area contributed by atoms with E-state index in [1.54, 1.807) is 0 Å². The average molecular weight is 419 g/mol. The van der Waals surface area contributed by atoms with E-state index in [0.29, 0.717) is 25.4 Å². The number of rotatable bonds is 6. The van der Waals surface area contributed by atoms with E-state index in [-0.39, 0.29) is 17.9 Å². The van der Waals surface area contributed by atoms with Gasteiger partial charge in [-0.3, -0.25) is 9.59 Å². The quantitative estimate of drug-likeness (QED) is 0.736. The van der Waals surface area contributed by atoms with Crippen LogP contribution in [0.1, 0.15) is 50.7 Å². The fourth-order valence-corrected chi connectivity index (χ4v) is 4.67. The van der Waals surface area contributed by atoms with Gasteiger partial charge in [0.05, 0.1) is 5.41 Å². The molecule has 4 rings (SSSR count). The Morgan fingerprint density at radius 2 is 1.71 bits per heavy atom. The number of carbonyl (C=O) groups is 2. The molecule has 1 aliphatic carbocycles. The van der Waals surface area contributed by atoms with Crippen molar-refractivity contribution in [3.05, 3.63) is 59.7 Å². The maximum atomic E-state index is 13.3. The molecule has 0 bridgehead atoms. The zero-order chi connectivity index (χ0) is 22.0. The topological polar surface area (TPSA) is 49.4 Å². The van der Waals surface area contributed by atoms with Crippen LogP contribution in [0, 0.1) is 18.3 Å². The van der Waals surface area contributed by atoms with Gasteiger partial charge in [-0.1, -0.05) is 54.1 Å². The fourth-order valence-electron chi connectivity index (χ4n) is 4.67. The Morgan fingerprint density at radius 3 is 2.29 bits per heavy atom. The van der Waals surface area contributed by atoms with E-state index in [2.05, 4.69) is 60.8 Å². The first kappa shape index (κ1) is 21.6. The van der Waals surface area contributed by atoms with Crippen LogP contribution in [0.15, 0.2) is 48.5 Å². The Balaban J connectivity index is 1.51. The van der Waals surface area contributed by atoms with E-state index in [4.69, 9.17) is 0 Å². The van der Waals surface area contributed by atoms with E-state index < -0.39 is 5.41 Å². The summed E-state index contributed by atoms with van der Waals surface area (Å²) in [7, 11) is 0. The molecule has 1 aliphatic heterocycles. The number of likely N-dealkylation sites (tertiary alicyclic amines) is 1. The summed E-state index contributed by atoms with van der Waals surface area (Å²) in [6.45, 7) is 7.49. The van der Waals surface area contributed by atoms with E-state index in [9.17, 15) is 9.59 Å². The van der Waals surface area contributed by atoms with Gasteiger partial charge in [0.1, 0.15) is 0 Å². The summed E-state index contributed by atoms with van der Waals surface area (Å²) in [4.78, 5) is 27.8. The minimum Gasteiger partial charge on any atom is -0.353 e. The van der Waals surface area contributed by atoms with Gasteiger partial charge >= 0.3 is 0 Å². The van der Waals surface area contributed by atoms with Crippen molar-refractivity contribution in [1.29, 1.82) is 0 Å². The van der Waals surface area contributed by atoms with Gasteiger partial charge in [0.25, 0.3) is 0 Å². The molecule has 0 atom stereocenters. The standard InChI is InChI=1S/C27H34N2O2/c1-19(2)28-26(31)27(13-15-29(16-14-27)25(30)23-11-12-23)18-21-7-9-22(10-8-21)24-6-4-5-20(3)17-24/h4-10,17,19,23H,11-16,18H2,1-3H3,(H,28,31). The molecular weight excluding hydrogens is 384 g/mol. The van der Waals surface area contributed by atoms with Crippen molar-refractivity contribution in [1.82, 2.24) is 10.2 Å². The minimum absolute atomic E-state index is 0.110. The maximum absolute atomic E-state index is 13.3. The molecule has 1 heterocycles. The van der Waals surface area contributed by atoms with E-state index in [1.807, 2.05) is 18.7 Å². The molecule has 2 aliphatic rings. The third-order valence-corrected chi connectivity index (χ3v) is 6.71. The summed E-state index contributed by atoms with van der Waals surface area (Å²) < 4.78 is 0. The van der Waals surface area contributed by atoms with Gasteiger partial charge < -0.3 is 10.2 Å². The highest BCUT2D eigenvalue weighted by Gasteiger charge is 2.44. The third kappa shape index (κ3) is 5.00. The number of hydrogen-bond donors (Lipinski definition) is 1. The molecule has 2 amide bonds. The van der Waals surface area contributed by atoms with Crippen LogP contribution in [0.4, 0.5) is 0 Å². The Labute approximate surface area is 186 Å². The van der Waals surface area contributed by atoms with Gasteiger partial charge in [0, 0.05) is 25.0 Å². The van der Waals surface area contributed by atoms with Crippen molar-refractivity contribution in [3.63, 3.8) is 0 Å². The molecular formula is C27H34N2O2. The molecule has 4 nitrogen and oxygen atoms in total. The van der Waals surface area contributed by atoms with Gasteiger partial charge in [-0.15, -0.1) is 0 Å². The molecule has 0 radical (unpaired) electrons. The van der Waals surface area contributed by atoms with Crippen LogP contribution in [0.5, 0.6) is 0 Å². The van der Waals surface area contributed by atoms with Crippen LogP contribution in [-0.2, 0) is 16.0 Å². The highest BCUT2D eigenvalue weighted by Crippen LogP contribution is 2.39. The molecule has 1 N–H and O–H groups in total. The number of nitrogens with zero attached hydrogens (tertiary/aromatic N) is 1. The third-order valence-electron chi connectivity index (χ3n) is 6.71. The van der Waals surface area contributed by atoms with Gasteiger partial charge in [-0.25, -0.2) is 0 Å². The first-order chi connectivity index (χ1) is 14.9. The highest BCUT2D eigenvalue weighted by atomic mass is 16.2. The predicted octanol–water partition coefficient (Wildman–Crippen LogP) is 4.75. The van der Waals surface area contributed by atoms with Crippen LogP contribution < -0.4 is 5.32 Å². The Hall–Kier alpha value is -2.62. The molecule has 164 valence electrons. The van der Waals surface area contributed by atoms with Gasteiger partial charge in [-0.2, -0.15) is 0 Å². The van der Waals surface area contributed by atoms with Crippen molar-refractivity contribution in [2.75, 3.05) is 13.1 Å². The maximum Gasteiger partial charge on any atom is 0.226 e. The monoisotopic (exact) mass is 418 g/mol. The van der Waals surface area contributed by atoms with Gasteiger partial charge in [0.2, 0.25) is 11.8 Å². The van der Waals surface area contributed by atoms with Gasteiger partial charge in [0.15, 0.2) is 0 Å². The molecule has 0 spiro atoms. The van der Waals surface area contributed by atoms with Crippen molar-refractivity contribution in [2.24, 2.45) is 11.3 Å². The van der Waals surface area contributed by atoms with Crippen LogP contribution >= 0.6 is 0 Å². The van der Waals surface area contributed by atoms with Crippen LogP contribution in [-0.4, -0.2) is 35.8 Å². The largest absolute Gasteiger partial charge is 0.353 e. The van der Waals surface area contributed by atoms with E-state index in [1.165, 1.54) is 22.3 Å². The summed E-state index contributed by atoms with van der Waals surface area (Å²) in [5.41, 5.74) is 4.38. The van der Waals surface area contributed by atoms with Crippen LogP contribution in [0.3, 0.4) is 0 Å². The number of benzene rings is 2. The van der Waals surface area contributed by atoms with Crippen LogP contribution in [0.2, 0.25) is 0 Å². The van der Waals surface area contributed by atoms with Crippen molar-refractivity contribution in [2.45, 2.75) is 58.9 Å². The zero-order valence-electron chi connectivity index (χ0n) is 19.0. The summed E-state index contributed by atoms with van der Waals surface area (Å²) in [6, 6.07) is 17.3. The Kier molecular flexibility index (Phi) is 6.17. The molecule has 2 fully saturated rings. The summed E-state index contributed by atoms with van der Waals surface area (Å²) in [5.74, 6) is 0.662. The molecule has 2 aromatic carbocycles. The number of hydrogen-bond acceptors (Lipinski definition) is 2. The van der Waals surface area contributed by atoms with Gasteiger partial charge in [-0.05, 0) is 69.6 Å². The molecule has 31 heavy (non-hydrogen) atoms. The van der Waals surface area contributed by atoms with Crippen molar-refractivity contribution in [3.8, 4) is 11.1 Å². The van der Waals surface area contributed by atoms with E-state index in [0.717, 1.165) is 25.7 Å². The first-order valence-electron chi connectivity index (χ1n) is 11.6. The fraction of sp³-hybridized carbons (Fsp3) is 0.481. The lowest BCUT2D eigenvalue weighted by molar-refractivity contribution is -0.141. The Morgan fingerprint density at radius 1 is 1.03 bits per heavy atom. The van der Waals surface area contributed by atoms with E-state index >= 15 is 0 Å². The normalized spacial score (nSPS) is 18.1. The lowest BCUT2D eigenvalue weighted by atomic mass is 9.72. The number of carbonyl (C=O) groups excluding carboxylic acids is 2. The van der Waals surface area contributed by atoms with Crippen molar-refractivity contribution < 1.29 is 9.59 Å². The second-order valence-electron chi connectivity index (χ2n) is 9.75.